The average Bonchev–Trinajstić information content (AvgIpc) is 1.67. The van der Waals surface area contributed by atoms with Crippen molar-refractivity contribution in [3.8, 4) is 0 Å². The summed E-state index contributed by atoms with van der Waals surface area (Å²) in [5.41, 5.74) is 0. The molecular formula is C5H11FO2. The lowest BCUT2D eigenvalue weighted by molar-refractivity contribution is -0.215. The quantitative estimate of drug-likeness (QED) is 0.525. The molecule has 50 valence electrons. The minimum atomic E-state index is -0.805. The molecule has 0 atom stereocenters. The monoisotopic (exact) mass is 122 g/mol. The second kappa shape index (κ2) is 2.99. The summed E-state index contributed by atoms with van der Waals surface area (Å²) in [6.07, 6.45) is 0. The Morgan fingerprint density at radius 3 is 2.12 bits per heavy atom. The van der Waals surface area contributed by atoms with Gasteiger partial charge in [-0.2, -0.15) is 0 Å². The molecule has 0 saturated heterocycles. The minimum Gasteiger partial charge on any atom is -0.354 e. The maximum absolute atomic E-state index is 11.4. The van der Waals surface area contributed by atoms with Crippen LogP contribution >= 0.6 is 0 Å². The normalized spacial score (nSPS) is 12.0. The van der Waals surface area contributed by atoms with Gasteiger partial charge in [0.1, 0.15) is 0 Å². The molecule has 0 fully saturated rings. The summed E-state index contributed by atoms with van der Waals surface area (Å²) in [6.45, 7) is 2.49. The molecule has 0 N–H and O–H groups in total. The largest absolute Gasteiger partial charge is 0.354 e. The molecule has 0 spiro atoms. The number of alkyl halides is 1. The van der Waals surface area contributed by atoms with Gasteiger partial charge in [-0.1, -0.05) is 0 Å². The van der Waals surface area contributed by atoms with E-state index in [2.05, 4.69) is 4.74 Å². The van der Waals surface area contributed by atoms with Crippen LogP contribution in [-0.4, -0.2) is 19.8 Å². The Morgan fingerprint density at radius 2 is 2.00 bits per heavy atom. The maximum atomic E-state index is 11.4. The lowest BCUT2D eigenvalue weighted by atomic mass is 10.4. The highest BCUT2D eigenvalue weighted by Gasteiger charge is 2.15. The Balaban J connectivity index is 3.37. The maximum Gasteiger partial charge on any atom is 0.191 e. The zero-order valence-electron chi connectivity index (χ0n) is 5.40. The van der Waals surface area contributed by atoms with E-state index in [0.717, 1.165) is 0 Å². The lowest BCUT2D eigenvalue weighted by Gasteiger charge is -2.20. The number of ether oxygens (including phenoxy) is 2. The molecule has 0 heterocycles. The molecule has 3 heteroatoms. The first-order valence-electron chi connectivity index (χ1n) is 2.37. The van der Waals surface area contributed by atoms with Gasteiger partial charge in [-0.05, 0) is 13.8 Å². The first-order chi connectivity index (χ1) is 3.62. The van der Waals surface area contributed by atoms with E-state index in [1.807, 2.05) is 0 Å². The molecule has 0 aliphatic heterocycles. The van der Waals surface area contributed by atoms with Crippen molar-refractivity contribution in [2.75, 3.05) is 14.0 Å². The Kier molecular flexibility index (Phi) is 2.94. The van der Waals surface area contributed by atoms with Crippen molar-refractivity contribution < 1.29 is 13.9 Å². The van der Waals surface area contributed by atoms with E-state index in [1.165, 1.54) is 7.11 Å². The van der Waals surface area contributed by atoms with Gasteiger partial charge >= 0.3 is 0 Å². The zero-order chi connectivity index (χ0) is 6.62. The molecular weight excluding hydrogens is 111 g/mol. The van der Waals surface area contributed by atoms with E-state index >= 15 is 0 Å². The van der Waals surface area contributed by atoms with Crippen LogP contribution in [0.25, 0.3) is 0 Å². The highest BCUT2D eigenvalue weighted by atomic mass is 19.1. The van der Waals surface area contributed by atoms with Gasteiger partial charge in [0, 0.05) is 7.11 Å². The molecule has 2 nitrogen and oxygen atoms in total. The van der Waals surface area contributed by atoms with Gasteiger partial charge in [-0.3, -0.25) is 0 Å². The van der Waals surface area contributed by atoms with Crippen molar-refractivity contribution in [2.45, 2.75) is 19.6 Å². The molecule has 0 aromatic carbocycles. The summed E-state index contributed by atoms with van der Waals surface area (Å²) in [5, 5.41) is 0. The molecule has 0 bridgehead atoms. The van der Waals surface area contributed by atoms with Gasteiger partial charge in [0.05, 0.1) is 0 Å². The first-order valence-corrected chi connectivity index (χ1v) is 2.37. The number of rotatable bonds is 3. The van der Waals surface area contributed by atoms with Crippen LogP contribution in [0.15, 0.2) is 0 Å². The van der Waals surface area contributed by atoms with Crippen LogP contribution in [0, 0.1) is 0 Å². The second-order valence-electron chi connectivity index (χ2n) is 1.86. The smallest absolute Gasteiger partial charge is 0.191 e. The Bertz CT molecular complexity index is 63.4. The van der Waals surface area contributed by atoms with Gasteiger partial charge < -0.3 is 9.47 Å². The van der Waals surface area contributed by atoms with E-state index in [0.29, 0.717) is 0 Å². The molecule has 8 heavy (non-hydrogen) atoms. The van der Waals surface area contributed by atoms with Gasteiger partial charge in [0.25, 0.3) is 0 Å². The van der Waals surface area contributed by atoms with Gasteiger partial charge in [0.2, 0.25) is 0 Å². The molecule has 0 saturated carbocycles. The summed E-state index contributed by atoms with van der Waals surface area (Å²) < 4.78 is 20.6. The van der Waals surface area contributed by atoms with E-state index in [9.17, 15) is 4.39 Å². The van der Waals surface area contributed by atoms with Crippen LogP contribution in [0.2, 0.25) is 0 Å². The predicted molar refractivity (Wildman–Crippen MR) is 28.1 cm³/mol. The van der Waals surface area contributed by atoms with Crippen LogP contribution in [0.5, 0.6) is 0 Å². The Labute approximate surface area is 48.6 Å². The lowest BCUT2D eigenvalue weighted by Crippen LogP contribution is -2.25. The highest BCUT2D eigenvalue weighted by Crippen LogP contribution is 2.07. The molecule has 0 aromatic rings. The van der Waals surface area contributed by atoms with Crippen LogP contribution in [0.4, 0.5) is 4.39 Å². The van der Waals surface area contributed by atoms with Crippen molar-refractivity contribution in [2.24, 2.45) is 0 Å². The van der Waals surface area contributed by atoms with E-state index in [-0.39, 0.29) is 0 Å². The molecule has 0 rings (SSSR count). The van der Waals surface area contributed by atoms with Crippen molar-refractivity contribution in [3.05, 3.63) is 0 Å². The summed E-state index contributed by atoms with van der Waals surface area (Å²) in [5.74, 6) is -0.783. The van der Waals surface area contributed by atoms with Gasteiger partial charge in [-0.25, -0.2) is 4.39 Å². The third-order valence-corrected chi connectivity index (χ3v) is 0.894. The third kappa shape index (κ3) is 2.93. The number of halogens is 1. The number of hydrogen-bond donors (Lipinski definition) is 0. The van der Waals surface area contributed by atoms with Gasteiger partial charge in [-0.15, -0.1) is 0 Å². The summed E-state index contributed by atoms with van der Waals surface area (Å²) in [6, 6.07) is 0. The van der Waals surface area contributed by atoms with E-state index in [1.54, 1.807) is 13.8 Å². The second-order valence-corrected chi connectivity index (χ2v) is 1.86. The fraction of sp³-hybridized carbons (Fsp3) is 1.00. The minimum absolute atomic E-state index is 0.783. The third-order valence-electron chi connectivity index (χ3n) is 0.894. The van der Waals surface area contributed by atoms with Crippen molar-refractivity contribution in [1.82, 2.24) is 0 Å². The van der Waals surface area contributed by atoms with Crippen molar-refractivity contribution >= 4 is 0 Å². The Hall–Kier alpha value is -0.150. The van der Waals surface area contributed by atoms with Crippen molar-refractivity contribution in [1.29, 1.82) is 0 Å². The van der Waals surface area contributed by atoms with Crippen LogP contribution in [0.3, 0.4) is 0 Å². The fourth-order valence-corrected chi connectivity index (χ4v) is 0.190. The SMILES string of the molecule is COC(C)(C)OCF. The van der Waals surface area contributed by atoms with E-state index < -0.39 is 12.6 Å². The van der Waals surface area contributed by atoms with Gasteiger partial charge in [0.15, 0.2) is 12.6 Å². The average molecular weight is 122 g/mol. The molecule has 0 aliphatic carbocycles. The topological polar surface area (TPSA) is 18.5 Å². The molecule has 0 amide bonds. The fourth-order valence-electron chi connectivity index (χ4n) is 0.190. The zero-order valence-corrected chi connectivity index (χ0v) is 5.40. The Morgan fingerprint density at radius 1 is 1.50 bits per heavy atom. The molecule has 0 aromatic heterocycles. The highest BCUT2D eigenvalue weighted by molar-refractivity contribution is 4.48. The summed E-state index contributed by atoms with van der Waals surface area (Å²) >= 11 is 0. The summed E-state index contributed by atoms with van der Waals surface area (Å²) in [4.78, 5) is 0. The van der Waals surface area contributed by atoms with E-state index in [4.69, 9.17) is 4.74 Å². The molecule has 0 aliphatic rings. The standard InChI is InChI=1S/C5H11FO2/c1-5(2,7-3)8-4-6/h4H2,1-3H3. The van der Waals surface area contributed by atoms with Crippen molar-refractivity contribution in [3.63, 3.8) is 0 Å². The van der Waals surface area contributed by atoms with Crippen LogP contribution < -0.4 is 0 Å². The number of methoxy groups -OCH3 is 1. The molecule has 0 unspecified atom stereocenters. The molecule has 0 radical (unpaired) electrons. The summed E-state index contributed by atoms with van der Waals surface area (Å²) in [7, 11) is 1.47. The predicted octanol–water partition coefficient (Wildman–Crippen LogP) is 1.31. The van der Waals surface area contributed by atoms with Crippen LogP contribution in [0.1, 0.15) is 13.8 Å². The van der Waals surface area contributed by atoms with Crippen LogP contribution in [-0.2, 0) is 9.47 Å². The first kappa shape index (κ1) is 7.85. The number of hydrogen-bond acceptors (Lipinski definition) is 2.